The number of fused-ring (bicyclic) bond motifs is 4. The molecule has 11 rings (SSSR count). The second kappa shape index (κ2) is 15.4. The van der Waals surface area contributed by atoms with Crippen LogP contribution in [-0.4, -0.2) is 0 Å². The molecule has 0 saturated heterocycles. The minimum Gasteiger partial charge on any atom is -0.310 e. The maximum atomic E-state index is 2.40. The molecule has 0 N–H and O–H groups in total. The van der Waals surface area contributed by atoms with Crippen LogP contribution in [0.5, 0.6) is 0 Å². The molecule has 10 aromatic rings. The lowest BCUT2D eigenvalue weighted by atomic mass is 9.79. The van der Waals surface area contributed by atoms with E-state index in [1.165, 1.54) is 88.7 Å². The van der Waals surface area contributed by atoms with Crippen molar-refractivity contribution in [1.29, 1.82) is 0 Å². The summed E-state index contributed by atoms with van der Waals surface area (Å²) in [5.74, 6) is 0. The molecule has 62 heavy (non-hydrogen) atoms. The number of hydrogen-bond donors (Lipinski definition) is 0. The van der Waals surface area contributed by atoms with Crippen LogP contribution in [0.3, 0.4) is 0 Å². The summed E-state index contributed by atoms with van der Waals surface area (Å²) < 4.78 is 0. The molecule has 0 heterocycles. The number of rotatable bonds is 8. The second-order valence-corrected chi connectivity index (χ2v) is 16.9. The summed E-state index contributed by atoms with van der Waals surface area (Å²) in [6.45, 7) is 4.73. The molecule has 10 aromatic carbocycles. The summed E-state index contributed by atoms with van der Waals surface area (Å²) in [6.07, 6.45) is 0. The van der Waals surface area contributed by atoms with Gasteiger partial charge < -0.3 is 4.90 Å². The van der Waals surface area contributed by atoms with E-state index in [4.69, 9.17) is 0 Å². The Morgan fingerprint density at radius 1 is 0.290 bits per heavy atom. The molecule has 1 aliphatic rings. The molecule has 0 bridgehead atoms. The number of hydrogen-bond acceptors (Lipinski definition) is 1. The quantitative estimate of drug-likeness (QED) is 0.148. The van der Waals surface area contributed by atoms with E-state index in [1.54, 1.807) is 0 Å². The van der Waals surface area contributed by atoms with Gasteiger partial charge in [-0.3, -0.25) is 0 Å². The van der Waals surface area contributed by atoms with Gasteiger partial charge in [-0.05, 0) is 131 Å². The van der Waals surface area contributed by atoms with Gasteiger partial charge in [0.25, 0.3) is 0 Å². The van der Waals surface area contributed by atoms with Crippen LogP contribution in [-0.2, 0) is 5.41 Å². The Morgan fingerprint density at radius 2 is 0.758 bits per heavy atom. The zero-order valence-corrected chi connectivity index (χ0v) is 35.0. The third-order valence-electron chi connectivity index (χ3n) is 12.8. The van der Waals surface area contributed by atoms with E-state index in [0.717, 1.165) is 17.1 Å². The molecule has 1 heteroatoms. The number of nitrogens with zero attached hydrogens (tertiary/aromatic N) is 1. The van der Waals surface area contributed by atoms with Crippen LogP contribution in [0, 0.1) is 0 Å². The molecule has 0 aliphatic heterocycles. The smallest absolute Gasteiger partial charge is 0.0467 e. The van der Waals surface area contributed by atoms with Gasteiger partial charge in [-0.1, -0.05) is 208 Å². The van der Waals surface area contributed by atoms with Crippen LogP contribution in [0.2, 0.25) is 0 Å². The predicted octanol–water partition coefficient (Wildman–Crippen LogP) is 17.0. The fourth-order valence-electron chi connectivity index (χ4n) is 9.80. The molecular weight excluding hydrogens is 747 g/mol. The molecule has 0 spiro atoms. The zero-order valence-electron chi connectivity index (χ0n) is 35.0. The SMILES string of the molecule is CC1(C)c2ccccc2-c2cccc(-c3ccc(N(c4cccc(-c5ccc(-c6ccccc6)cc5)c4)c4cccc(-c5cccc(-c6cccc7ccccc67)c5)c4)cc3)c21. The van der Waals surface area contributed by atoms with Crippen molar-refractivity contribution < 1.29 is 0 Å². The molecule has 294 valence electrons. The van der Waals surface area contributed by atoms with Gasteiger partial charge in [0, 0.05) is 22.5 Å². The van der Waals surface area contributed by atoms with E-state index in [2.05, 4.69) is 255 Å². The van der Waals surface area contributed by atoms with Crippen molar-refractivity contribution in [1.82, 2.24) is 0 Å². The van der Waals surface area contributed by atoms with Crippen LogP contribution in [0.1, 0.15) is 25.0 Å². The highest BCUT2D eigenvalue weighted by Gasteiger charge is 2.37. The highest BCUT2D eigenvalue weighted by Crippen LogP contribution is 2.52. The molecule has 0 aromatic heterocycles. The maximum Gasteiger partial charge on any atom is 0.0467 e. The van der Waals surface area contributed by atoms with E-state index in [1.807, 2.05) is 0 Å². The van der Waals surface area contributed by atoms with Crippen LogP contribution < -0.4 is 4.90 Å². The van der Waals surface area contributed by atoms with Gasteiger partial charge in [0.15, 0.2) is 0 Å². The van der Waals surface area contributed by atoms with Gasteiger partial charge in [-0.15, -0.1) is 0 Å². The topological polar surface area (TPSA) is 3.24 Å². The Kier molecular flexibility index (Phi) is 9.24. The second-order valence-electron chi connectivity index (χ2n) is 16.9. The molecule has 1 nitrogen and oxygen atoms in total. The summed E-state index contributed by atoms with van der Waals surface area (Å²) in [5.41, 5.74) is 20.8. The van der Waals surface area contributed by atoms with Crippen molar-refractivity contribution in [3.63, 3.8) is 0 Å². The molecule has 0 saturated carbocycles. The summed E-state index contributed by atoms with van der Waals surface area (Å²) >= 11 is 0. The molecule has 1 aliphatic carbocycles. The Bertz CT molecular complexity index is 3240. The first-order valence-electron chi connectivity index (χ1n) is 21.6. The molecule has 0 fully saturated rings. The minimum absolute atomic E-state index is 0.0989. The Balaban J connectivity index is 1.00. The largest absolute Gasteiger partial charge is 0.310 e. The van der Waals surface area contributed by atoms with Gasteiger partial charge in [0.1, 0.15) is 0 Å². The lowest BCUT2D eigenvalue weighted by Gasteiger charge is -2.27. The van der Waals surface area contributed by atoms with Gasteiger partial charge in [-0.2, -0.15) is 0 Å². The lowest BCUT2D eigenvalue weighted by molar-refractivity contribution is 0.662. The first kappa shape index (κ1) is 37.3. The maximum absolute atomic E-state index is 2.40. The summed E-state index contributed by atoms with van der Waals surface area (Å²) in [6, 6.07) is 86.5. The number of anilines is 3. The van der Waals surface area contributed by atoms with Crippen molar-refractivity contribution in [2.75, 3.05) is 4.90 Å². The highest BCUT2D eigenvalue weighted by molar-refractivity contribution is 5.97. The fraction of sp³-hybridized carbons (Fsp3) is 0.0492. The molecule has 0 unspecified atom stereocenters. The van der Waals surface area contributed by atoms with E-state index < -0.39 is 0 Å². The normalized spacial score (nSPS) is 12.5. The van der Waals surface area contributed by atoms with E-state index in [0.29, 0.717) is 0 Å². The highest BCUT2D eigenvalue weighted by atomic mass is 15.1. The van der Waals surface area contributed by atoms with Gasteiger partial charge in [0.05, 0.1) is 0 Å². The van der Waals surface area contributed by atoms with Crippen LogP contribution >= 0.6 is 0 Å². The predicted molar refractivity (Wildman–Crippen MR) is 263 cm³/mol. The molecule has 0 amide bonds. The molecule has 0 atom stereocenters. The zero-order chi connectivity index (χ0) is 41.6. The lowest BCUT2D eigenvalue weighted by Crippen LogP contribution is -2.16. The van der Waals surface area contributed by atoms with Crippen molar-refractivity contribution in [3.05, 3.63) is 248 Å². The van der Waals surface area contributed by atoms with Gasteiger partial charge in [-0.25, -0.2) is 0 Å². The van der Waals surface area contributed by atoms with Crippen molar-refractivity contribution in [3.8, 4) is 66.8 Å². The Hall–Kier alpha value is -7.74. The third kappa shape index (κ3) is 6.60. The van der Waals surface area contributed by atoms with Gasteiger partial charge in [0.2, 0.25) is 0 Å². The third-order valence-corrected chi connectivity index (χ3v) is 12.8. The van der Waals surface area contributed by atoms with Crippen molar-refractivity contribution >= 4 is 27.8 Å². The monoisotopic (exact) mass is 791 g/mol. The standard InChI is InChI=1S/C61H45N/c1-61(2)59-30-9-8-26-57(59)58-29-14-28-56(60(58)61)46-35-37-51(38-36-46)62(52-23-11-20-48(40-52)44-33-31-43(32-34-44)42-15-4-3-5-16-42)53-24-12-21-49(41-53)47-19-10-22-50(39-47)55-27-13-18-45-17-6-7-25-54(45)55/h3-41H,1-2H3. The van der Waals surface area contributed by atoms with Crippen molar-refractivity contribution in [2.45, 2.75) is 19.3 Å². The van der Waals surface area contributed by atoms with E-state index in [-0.39, 0.29) is 5.41 Å². The summed E-state index contributed by atoms with van der Waals surface area (Å²) in [4.78, 5) is 2.40. The van der Waals surface area contributed by atoms with Crippen LogP contribution in [0.4, 0.5) is 17.1 Å². The fourth-order valence-corrected chi connectivity index (χ4v) is 9.80. The van der Waals surface area contributed by atoms with Crippen molar-refractivity contribution in [2.24, 2.45) is 0 Å². The Morgan fingerprint density at radius 3 is 1.52 bits per heavy atom. The molecular formula is C61H45N. The van der Waals surface area contributed by atoms with Gasteiger partial charge >= 0.3 is 0 Å². The van der Waals surface area contributed by atoms with Crippen LogP contribution in [0.25, 0.3) is 77.5 Å². The average Bonchev–Trinajstić information content (AvgIpc) is 3.58. The first-order valence-corrected chi connectivity index (χ1v) is 21.6. The molecule has 0 radical (unpaired) electrons. The minimum atomic E-state index is -0.0989. The van der Waals surface area contributed by atoms with E-state index in [9.17, 15) is 0 Å². The average molecular weight is 792 g/mol. The van der Waals surface area contributed by atoms with E-state index >= 15 is 0 Å². The number of benzene rings is 10. The summed E-state index contributed by atoms with van der Waals surface area (Å²) in [5, 5.41) is 2.51. The van der Waals surface area contributed by atoms with Crippen LogP contribution in [0.15, 0.2) is 237 Å². The first-order chi connectivity index (χ1) is 30.5. The Labute approximate surface area is 364 Å². The summed E-state index contributed by atoms with van der Waals surface area (Å²) in [7, 11) is 0.